The lowest BCUT2D eigenvalue weighted by Crippen LogP contribution is -2.43. The molecule has 0 spiro atoms. The average Bonchev–Trinajstić information content (AvgIpc) is 2.16. The van der Waals surface area contributed by atoms with Gasteiger partial charge in [0.1, 0.15) is 0 Å². The molecule has 1 saturated heterocycles. The van der Waals surface area contributed by atoms with E-state index in [1.54, 1.807) is 0 Å². The monoisotopic (exact) mass is 239 g/mol. The Morgan fingerprint density at radius 1 is 1.27 bits per heavy atom. The van der Waals surface area contributed by atoms with E-state index in [1.165, 1.54) is 0 Å². The number of halogens is 1. The molecule has 0 aromatic rings. The van der Waals surface area contributed by atoms with Crippen molar-refractivity contribution in [2.45, 2.75) is 25.0 Å². The fraction of sp³-hybridized carbons (Fsp3) is 0.750. The molecule has 4 N–H and O–H groups in total. The Kier molecular flexibility index (Phi) is 5.56. The van der Waals surface area contributed by atoms with Crippen LogP contribution < -0.4 is 5.73 Å². The van der Waals surface area contributed by atoms with Crippen LogP contribution in [0, 0.1) is 5.92 Å². The zero-order valence-electron chi connectivity index (χ0n) is 7.96. The van der Waals surface area contributed by atoms with Crippen molar-refractivity contribution in [2.24, 2.45) is 11.7 Å². The molecule has 0 bridgehead atoms. The van der Waals surface area contributed by atoms with Crippen LogP contribution in [0.15, 0.2) is 0 Å². The number of hydrogen-bond donors (Lipinski definition) is 3. The predicted molar refractivity (Wildman–Crippen MR) is 53.0 cm³/mol. The first-order chi connectivity index (χ1) is 6.54. The van der Waals surface area contributed by atoms with E-state index < -0.39 is 30.1 Å². The summed E-state index contributed by atoms with van der Waals surface area (Å²) in [5, 5.41) is 17.5. The van der Waals surface area contributed by atoms with Crippen LogP contribution in [0.5, 0.6) is 0 Å². The second kappa shape index (κ2) is 5.89. The summed E-state index contributed by atoms with van der Waals surface area (Å²) in [5.74, 6) is -2.79. The van der Waals surface area contributed by atoms with Crippen molar-refractivity contribution in [3.63, 3.8) is 0 Å². The first-order valence-electron chi connectivity index (χ1n) is 4.35. The van der Waals surface area contributed by atoms with Crippen LogP contribution in [0.1, 0.15) is 12.8 Å². The lowest BCUT2D eigenvalue weighted by Gasteiger charge is -2.30. The normalized spacial score (nSPS) is 30.3. The van der Waals surface area contributed by atoms with Gasteiger partial charge < -0.3 is 20.7 Å². The molecule has 1 aliphatic heterocycles. The van der Waals surface area contributed by atoms with Gasteiger partial charge in [-0.1, -0.05) is 0 Å². The molecule has 6 nitrogen and oxygen atoms in total. The minimum absolute atomic E-state index is 0. The van der Waals surface area contributed by atoms with Crippen molar-refractivity contribution in [1.82, 2.24) is 0 Å². The van der Waals surface area contributed by atoms with Gasteiger partial charge in [0.05, 0.1) is 12.0 Å². The number of hydrogen-bond acceptors (Lipinski definition) is 4. The number of nitrogens with two attached hydrogens (primary N) is 1. The lowest BCUT2D eigenvalue weighted by atomic mass is 9.91. The minimum atomic E-state index is -1.13. The molecule has 1 rings (SSSR count). The maximum absolute atomic E-state index is 10.7. The number of carbonyl (C=O) groups is 2. The molecular weight excluding hydrogens is 226 g/mol. The summed E-state index contributed by atoms with van der Waals surface area (Å²) in [5.41, 5.74) is 5.32. The van der Waals surface area contributed by atoms with Gasteiger partial charge >= 0.3 is 11.9 Å². The SMILES string of the molecule is Cl.NCC1CC(C(=O)O)CC(C(=O)O)O1. The molecule has 0 amide bonds. The van der Waals surface area contributed by atoms with Gasteiger partial charge in [-0.2, -0.15) is 0 Å². The molecular formula is C8H14ClNO5. The van der Waals surface area contributed by atoms with E-state index in [0.29, 0.717) is 0 Å². The van der Waals surface area contributed by atoms with Gasteiger partial charge in [-0.25, -0.2) is 4.79 Å². The Morgan fingerprint density at radius 3 is 2.27 bits per heavy atom. The van der Waals surface area contributed by atoms with E-state index in [-0.39, 0.29) is 31.8 Å². The van der Waals surface area contributed by atoms with E-state index >= 15 is 0 Å². The molecule has 0 radical (unpaired) electrons. The Labute approximate surface area is 92.8 Å². The highest BCUT2D eigenvalue weighted by Gasteiger charge is 2.36. The number of rotatable bonds is 3. The van der Waals surface area contributed by atoms with Crippen LogP contribution in [0.3, 0.4) is 0 Å². The van der Waals surface area contributed by atoms with Gasteiger partial charge in [0.2, 0.25) is 0 Å². The molecule has 1 fully saturated rings. The van der Waals surface area contributed by atoms with Gasteiger partial charge in [0.15, 0.2) is 6.10 Å². The summed E-state index contributed by atoms with van der Waals surface area (Å²) in [4.78, 5) is 21.3. The van der Waals surface area contributed by atoms with Crippen molar-refractivity contribution in [1.29, 1.82) is 0 Å². The number of ether oxygens (including phenoxy) is 1. The highest BCUT2D eigenvalue weighted by molar-refractivity contribution is 5.85. The third kappa shape index (κ3) is 3.65. The van der Waals surface area contributed by atoms with Crippen molar-refractivity contribution in [3.8, 4) is 0 Å². The zero-order valence-corrected chi connectivity index (χ0v) is 8.77. The molecule has 1 heterocycles. The van der Waals surface area contributed by atoms with E-state index in [1.807, 2.05) is 0 Å². The Balaban J connectivity index is 0.00000196. The summed E-state index contributed by atoms with van der Waals surface area (Å²) >= 11 is 0. The fourth-order valence-electron chi connectivity index (χ4n) is 1.53. The summed E-state index contributed by atoms with van der Waals surface area (Å²) in [6.45, 7) is 0.146. The molecule has 1 aliphatic rings. The second-order valence-electron chi connectivity index (χ2n) is 3.33. The largest absolute Gasteiger partial charge is 0.481 e. The topological polar surface area (TPSA) is 110 Å². The van der Waals surface area contributed by atoms with Crippen LogP contribution in [0.2, 0.25) is 0 Å². The Hall–Kier alpha value is -0.850. The van der Waals surface area contributed by atoms with Gasteiger partial charge in [-0.15, -0.1) is 12.4 Å². The first-order valence-corrected chi connectivity index (χ1v) is 4.35. The number of aliphatic carboxylic acids is 2. The second-order valence-corrected chi connectivity index (χ2v) is 3.33. The third-order valence-electron chi connectivity index (χ3n) is 2.29. The molecule has 88 valence electrons. The van der Waals surface area contributed by atoms with Gasteiger partial charge in [0.25, 0.3) is 0 Å². The van der Waals surface area contributed by atoms with E-state index in [0.717, 1.165) is 0 Å². The molecule has 3 unspecified atom stereocenters. The number of carboxylic acids is 2. The summed E-state index contributed by atoms with van der Waals surface area (Å²) < 4.78 is 5.09. The van der Waals surface area contributed by atoms with Crippen molar-refractivity contribution < 1.29 is 24.5 Å². The zero-order chi connectivity index (χ0) is 10.7. The molecule has 15 heavy (non-hydrogen) atoms. The maximum atomic E-state index is 10.7. The predicted octanol–water partition coefficient (Wildman–Crippen LogP) is -0.300. The van der Waals surface area contributed by atoms with Crippen LogP contribution in [0.25, 0.3) is 0 Å². The standard InChI is InChI=1S/C8H13NO5.ClH/c9-3-5-1-4(7(10)11)2-6(14-5)8(12)13;/h4-6H,1-3,9H2,(H,10,11)(H,12,13);1H. The minimum Gasteiger partial charge on any atom is -0.481 e. The Morgan fingerprint density at radius 2 is 1.87 bits per heavy atom. The highest BCUT2D eigenvalue weighted by Crippen LogP contribution is 2.24. The molecule has 0 aromatic carbocycles. The first kappa shape index (κ1) is 14.2. The molecule has 0 aliphatic carbocycles. The van der Waals surface area contributed by atoms with Crippen LogP contribution in [-0.2, 0) is 14.3 Å². The Bertz CT molecular complexity index is 225. The smallest absolute Gasteiger partial charge is 0.332 e. The molecule has 3 atom stereocenters. The van der Waals surface area contributed by atoms with Crippen molar-refractivity contribution in [3.05, 3.63) is 0 Å². The average molecular weight is 240 g/mol. The van der Waals surface area contributed by atoms with Gasteiger partial charge in [-0.3, -0.25) is 4.79 Å². The van der Waals surface area contributed by atoms with Crippen LogP contribution in [0.4, 0.5) is 0 Å². The lowest BCUT2D eigenvalue weighted by molar-refractivity contribution is -0.166. The van der Waals surface area contributed by atoms with Crippen LogP contribution >= 0.6 is 12.4 Å². The van der Waals surface area contributed by atoms with E-state index in [2.05, 4.69) is 0 Å². The van der Waals surface area contributed by atoms with Gasteiger partial charge in [-0.05, 0) is 12.8 Å². The van der Waals surface area contributed by atoms with E-state index in [4.69, 9.17) is 20.7 Å². The molecule has 0 aromatic heterocycles. The molecule has 7 heteroatoms. The highest BCUT2D eigenvalue weighted by atomic mass is 35.5. The summed E-state index contributed by atoms with van der Waals surface area (Å²) in [7, 11) is 0. The molecule has 0 saturated carbocycles. The van der Waals surface area contributed by atoms with Gasteiger partial charge in [0, 0.05) is 6.54 Å². The summed E-state index contributed by atoms with van der Waals surface area (Å²) in [6.07, 6.45) is -1.21. The number of carboxylic acid groups (broad SMARTS) is 2. The van der Waals surface area contributed by atoms with Crippen molar-refractivity contribution >= 4 is 24.3 Å². The summed E-state index contributed by atoms with van der Waals surface area (Å²) in [6, 6.07) is 0. The van der Waals surface area contributed by atoms with Crippen molar-refractivity contribution in [2.75, 3.05) is 6.54 Å². The maximum Gasteiger partial charge on any atom is 0.332 e. The van der Waals surface area contributed by atoms with Crippen LogP contribution in [-0.4, -0.2) is 40.9 Å². The van der Waals surface area contributed by atoms with E-state index in [9.17, 15) is 9.59 Å². The fourth-order valence-corrected chi connectivity index (χ4v) is 1.53. The quantitative estimate of drug-likeness (QED) is 0.624. The third-order valence-corrected chi connectivity index (χ3v) is 2.29.